The molecule has 3 aromatic carbocycles. The summed E-state index contributed by atoms with van der Waals surface area (Å²) in [5.41, 5.74) is 5.31. The van der Waals surface area contributed by atoms with E-state index in [2.05, 4.69) is 114 Å². The second kappa shape index (κ2) is 18.1. The van der Waals surface area contributed by atoms with Crippen molar-refractivity contribution in [3.63, 3.8) is 0 Å². The number of hydrogen-bond donors (Lipinski definition) is 0. The van der Waals surface area contributed by atoms with Gasteiger partial charge in [-0.15, -0.1) is 0 Å². The molecule has 9 rings (SSSR count). The molecule has 5 aliphatic carbocycles. The van der Waals surface area contributed by atoms with E-state index in [1.54, 1.807) is 5.30 Å². The van der Waals surface area contributed by atoms with E-state index < -0.39 is 7.92 Å². The molecule has 0 saturated heterocycles. The van der Waals surface area contributed by atoms with Gasteiger partial charge in [0, 0.05) is 13.8 Å². The fourth-order valence-corrected chi connectivity index (χ4v) is 14.5. The van der Waals surface area contributed by atoms with Crippen molar-refractivity contribution in [1.82, 2.24) is 4.90 Å². The minimum absolute atomic E-state index is 0. The molecule has 2 atom stereocenters. The van der Waals surface area contributed by atoms with Crippen LogP contribution in [0.1, 0.15) is 132 Å². The summed E-state index contributed by atoms with van der Waals surface area (Å²) < 4.78 is 0. The van der Waals surface area contributed by atoms with Gasteiger partial charge in [0.15, 0.2) is 0 Å². The molecule has 0 aromatic heterocycles. The van der Waals surface area contributed by atoms with Gasteiger partial charge in [0.2, 0.25) is 5.91 Å². The maximum absolute atomic E-state index is 14.9. The van der Waals surface area contributed by atoms with Crippen molar-refractivity contribution in [3.8, 4) is 0 Å². The van der Waals surface area contributed by atoms with Crippen LogP contribution < -0.4 is 5.30 Å². The van der Waals surface area contributed by atoms with Crippen LogP contribution in [0.5, 0.6) is 0 Å². The Hall–Kier alpha value is -2.67. The normalized spacial score (nSPS) is 26.2. The van der Waals surface area contributed by atoms with Gasteiger partial charge in [0.05, 0.1) is 22.9 Å². The number of hydrogen-bond acceptors (Lipinski definition) is 2. The molecule has 1 aliphatic heterocycles. The zero-order valence-corrected chi connectivity index (χ0v) is 33.4. The summed E-state index contributed by atoms with van der Waals surface area (Å²) in [6.45, 7) is 0. The van der Waals surface area contributed by atoms with E-state index in [9.17, 15) is 4.79 Å². The number of nitrogens with zero attached hydrogens (tertiary/aromatic N) is 2. The van der Waals surface area contributed by atoms with Crippen molar-refractivity contribution in [2.45, 2.75) is 126 Å². The Labute approximate surface area is 327 Å². The molecular formula is C47H56N2OPRh+. The third-order valence-corrected chi connectivity index (χ3v) is 16.6. The van der Waals surface area contributed by atoms with Gasteiger partial charge in [0.25, 0.3) is 0 Å². The van der Waals surface area contributed by atoms with E-state index >= 15 is 0 Å². The van der Waals surface area contributed by atoms with Gasteiger partial charge in [-0.3, -0.25) is 26.8 Å². The van der Waals surface area contributed by atoms with Gasteiger partial charge in [-0.25, -0.2) is 0 Å². The van der Waals surface area contributed by atoms with E-state index in [4.69, 9.17) is 4.99 Å². The molecule has 52 heavy (non-hydrogen) atoms. The number of carbonyl (C=O) groups is 1. The van der Waals surface area contributed by atoms with Crippen LogP contribution in [-0.2, 0) is 24.3 Å². The molecule has 0 unspecified atom stereocenters. The molecule has 1 radical (unpaired) electrons. The van der Waals surface area contributed by atoms with E-state index in [0.717, 1.165) is 42.8 Å². The minimum atomic E-state index is -0.844. The molecule has 5 heteroatoms. The number of aliphatic imine (C=N–C) groups is 1. The first-order valence-corrected chi connectivity index (χ1v) is 22.1. The summed E-state index contributed by atoms with van der Waals surface area (Å²) in [6, 6.07) is 30.6. The SMILES string of the molecule is O=C(C1CCCCC1)N1C(c2ccccc2[PH+](C2CCCCC2)C2CCCCC2)=N[C@@H](c2ccccc2)[C@@H]1c1ccccc1.[C-]1=CC2C=[C-]C1C2.[Rh+2]. The third kappa shape index (κ3) is 8.35. The van der Waals surface area contributed by atoms with Crippen LogP contribution in [0.2, 0.25) is 0 Å². The smallest absolute Gasteiger partial charge is 0.527 e. The van der Waals surface area contributed by atoms with Crippen LogP contribution in [0.15, 0.2) is 102 Å². The van der Waals surface area contributed by atoms with E-state index in [0.29, 0.717) is 17.7 Å². The number of amidine groups is 1. The zero-order chi connectivity index (χ0) is 34.4. The van der Waals surface area contributed by atoms with Gasteiger partial charge in [0.1, 0.15) is 17.2 Å². The second-order valence-electron chi connectivity index (χ2n) is 16.0. The van der Waals surface area contributed by atoms with Crippen molar-refractivity contribution in [3.05, 3.63) is 126 Å². The second-order valence-corrected chi connectivity index (χ2v) is 19.1. The van der Waals surface area contributed by atoms with Gasteiger partial charge < -0.3 is 18.1 Å². The zero-order valence-electron chi connectivity index (χ0n) is 30.7. The van der Waals surface area contributed by atoms with Crippen LogP contribution in [-0.4, -0.2) is 28.0 Å². The first kappa shape index (κ1) is 37.6. The summed E-state index contributed by atoms with van der Waals surface area (Å²) >= 11 is 0. The van der Waals surface area contributed by atoms with E-state index in [1.165, 1.54) is 93.7 Å². The quantitative estimate of drug-likeness (QED) is 0.133. The predicted molar refractivity (Wildman–Crippen MR) is 214 cm³/mol. The van der Waals surface area contributed by atoms with Crippen molar-refractivity contribution in [2.75, 3.05) is 0 Å². The van der Waals surface area contributed by atoms with Crippen LogP contribution >= 0.6 is 7.92 Å². The van der Waals surface area contributed by atoms with E-state index in [1.807, 2.05) is 0 Å². The summed E-state index contributed by atoms with van der Waals surface area (Å²) in [4.78, 5) is 22.7. The topological polar surface area (TPSA) is 32.7 Å². The summed E-state index contributed by atoms with van der Waals surface area (Å²) in [6.07, 6.45) is 31.3. The number of amides is 1. The van der Waals surface area contributed by atoms with Crippen molar-refractivity contribution in [2.24, 2.45) is 22.7 Å². The maximum atomic E-state index is 14.9. The van der Waals surface area contributed by atoms with Crippen LogP contribution in [0.4, 0.5) is 0 Å². The molecule has 3 aromatic rings. The predicted octanol–water partition coefficient (Wildman–Crippen LogP) is 11.2. The molecule has 0 spiro atoms. The number of allylic oxidation sites excluding steroid dienone is 4. The fourth-order valence-electron chi connectivity index (χ4n) is 10.1. The first-order valence-electron chi connectivity index (χ1n) is 20.4. The molecule has 2 bridgehead atoms. The molecule has 3 saturated carbocycles. The Kier molecular flexibility index (Phi) is 13.1. The Balaban J connectivity index is 0.000000466. The van der Waals surface area contributed by atoms with Gasteiger partial charge in [-0.05, 0) is 87.5 Å². The summed E-state index contributed by atoms with van der Waals surface area (Å²) in [5.74, 6) is 2.60. The van der Waals surface area contributed by atoms with Crippen molar-refractivity contribution < 1.29 is 24.3 Å². The number of rotatable bonds is 7. The minimum Gasteiger partial charge on any atom is -0.527 e. The van der Waals surface area contributed by atoms with Crippen LogP contribution in [0, 0.1) is 29.9 Å². The Bertz CT molecular complexity index is 1640. The molecule has 6 aliphatic rings. The third-order valence-electron chi connectivity index (χ3n) is 12.6. The Morgan fingerprint density at radius 2 is 1.15 bits per heavy atom. The van der Waals surface area contributed by atoms with Crippen molar-refractivity contribution in [1.29, 1.82) is 0 Å². The maximum Gasteiger partial charge on any atom is 2.00 e. The summed E-state index contributed by atoms with van der Waals surface area (Å²) in [5, 5.41) is 1.57. The number of fused-ring (bicyclic) bond motifs is 2. The largest absolute Gasteiger partial charge is 2.00 e. The molecule has 1 heterocycles. The molecule has 1 amide bonds. The number of benzene rings is 3. The molecule has 0 N–H and O–H groups in total. The van der Waals surface area contributed by atoms with E-state index in [-0.39, 0.29) is 37.5 Å². The Morgan fingerprint density at radius 3 is 1.67 bits per heavy atom. The first-order chi connectivity index (χ1) is 25.2. The van der Waals surface area contributed by atoms with Gasteiger partial charge in [-0.1, -0.05) is 117 Å². The monoisotopic (exact) mass is 798 g/mol. The Morgan fingerprint density at radius 1 is 0.635 bits per heavy atom. The van der Waals surface area contributed by atoms with Gasteiger partial charge in [-0.2, -0.15) is 0 Å². The average molecular weight is 799 g/mol. The standard InChI is InChI=1S/C40H49N2OP.C7H6.Rh/c43-40(32-22-10-3-11-23-32)42-38(31-20-8-2-9-21-31)37(30-18-6-1-7-19-30)41-39(42)35-28-16-17-29-36(35)44(33-24-12-4-13-25-33)34-26-14-5-15-27-34;1-2-7-4-3-6(1)5-7;/h1-2,6-9,16-21,28-29,32-34,37-38H,3-5,10-15,22-27H2;1,3,6-7H,5H2;/q;-2;+2/p+1/t37-,38-;;/m0../s1. The van der Waals surface area contributed by atoms with Crippen LogP contribution in [0.3, 0.4) is 0 Å². The van der Waals surface area contributed by atoms with Gasteiger partial charge >= 0.3 is 19.5 Å². The molecule has 273 valence electrons. The van der Waals surface area contributed by atoms with Crippen LogP contribution in [0.25, 0.3) is 0 Å². The molecule has 3 nitrogen and oxygen atoms in total. The number of carbonyl (C=O) groups excluding carboxylic acids is 1. The molecular weight excluding hydrogens is 742 g/mol. The molecule has 3 fully saturated rings. The fraction of sp³-hybridized carbons (Fsp3) is 0.489. The van der Waals surface area contributed by atoms with Crippen molar-refractivity contribution >= 4 is 25.0 Å². The summed E-state index contributed by atoms with van der Waals surface area (Å²) in [7, 11) is -0.844. The average Bonchev–Trinajstić information content (AvgIpc) is 3.97.